The van der Waals surface area contributed by atoms with Gasteiger partial charge in [-0.15, -0.1) is 0 Å². The van der Waals surface area contributed by atoms with E-state index in [9.17, 15) is 4.79 Å². The second-order valence-corrected chi connectivity index (χ2v) is 8.60. The number of nitrogens with zero attached hydrogens (tertiary/aromatic N) is 1. The van der Waals surface area contributed by atoms with Crippen LogP contribution in [0.25, 0.3) is 11.1 Å². The van der Waals surface area contributed by atoms with Crippen molar-refractivity contribution in [1.82, 2.24) is 4.98 Å². The normalized spacial score (nSPS) is 15.2. The Bertz CT molecular complexity index is 1160. The van der Waals surface area contributed by atoms with E-state index < -0.39 is 11.8 Å². The lowest BCUT2D eigenvalue weighted by Crippen LogP contribution is -2.19. The Labute approximate surface area is 194 Å². The number of aromatic nitrogens is 1. The molecule has 164 valence electrons. The molecule has 5 nitrogen and oxygen atoms in total. The number of nitrogens with one attached hydrogen (secondary N) is 1. The molecule has 0 spiro atoms. The largest absolute Gasteiger partial charge is 0.488 e. The third-order valence-corrected chi connectivity index (χ3v) is 6.67. The van der Waals surface area contributed by atoms with Crippen LogP contribution in [0.3, 0.4) is 0 Å². The highest BCUT2D eigenvalue weighted by molar-refractivity contribution is 9.08. The van der Waals surface area contributed by atoms with Gasteiger partial charge in [-0.1, -0.05) is 46.6 Å². The molecule has 0 amide bonds. The minimum atomic E-state index is -0.571. The first-order valence-corrected chi connectivity index (χ1v) is 11.8. The molecule has 5 rings (SSSR count). The van der Waals surface area contributed by atoms with Crippen LogP contribution in [0.15, 0.2) is 48.7 Å². The Kier molecular flexibility index (Phi) is 5.83. The van der Waals surface area contributed by atoms with Gasteiger partial charge in [0.15, 0.2) is 23.1 Å². The second kappa shape index (κ2) is 8.90. The van der Waals surface area contributed by atoms with Crippen LogP contribution in [0.4, 0.5) is 10.2 Å². The van der Waals surface area contributed by atoms with Gasteiger partial charge in [-0.05, 0) is 42.5 Å². The van der Waals surface area contributed by atoms with Crippen molar-refractivity contribution in [3.8, 4) is 22.6 Å². The molecule has 1 N–H and O–H groups in total. The third kappa shape index (κ3) is 3.97. The molecule has 1 fully saturated rings. The van der Waals surface area contributed by atoms with Crippen LogP contribution in [0, 0.1) is 5.82 Å². The monoisotopic (exact) mass is 496 g/mol. The highest BCUT2D eigenvalue weighted by atomic mass is 79.9. The zero-order valence-electron chi connectivity index (χ0n) is 17.4. The van der Waals surface area contributed by atoms with E-state index >= 15 is 4.39 Å². The number of pyridine rings is 1. The molecule has 1 aliphatic carbocycles. The van der Waals surface area contributed by atoms with Crippen molar-refractivity contribution in [1.29, 1.82) is 0 Å². The molecule has 0 saturated heterocycles. The van der Waals surface area contributed by atoms with Gasteiger partial charge in [0, 0.05) is 28.2 Å². The molecular formula is C25H22BrFN2O3. The molecule has 2 aromatic carbocycles. The van der Waals surface area contributed by atoms with Crippen LogP contribution >= 0.6 is 15.9 Å². The van der Waals surface area contributed by atoms with Crippen LogP contribution in [-0.2, 0) is 5.33 Å². The maximum Gasteiger partial charge on any atom is 0.343 e. The van der Waals surface area contributed by atoms with E-state index in [1.54, 1.807) is 30.5 Å². The highest BCUT2D eigenvalue weighted by Gasteiger charge is 2.28. The molecule has 7 heteroatoms. The van der Waals surface area contributed by atoms with E-state index in [1.165, 1.54) is 0 Å². The summed E-state index contributed by atoms with van der Waals surface area (Å²) in [7, 11) is 0. The number of hydrogen-bond acceptors (Lipinski definition) is 5. The van der Waals surface area contributed by atoms with Crippen LogP contribution in [0.5, 0.6) is 11.5 Å². The number of anilines is 1. The lowest BCUT2D eigenvalue weighted by molar-refractivity contribution is 0.0724. The first-order valence-electron chi connectivity index (χ1n) is 10.7. The number of hydrogen-bond donors (Lipinski definition) is 1. The summed E-state index contributed by atoms with van der Waals surface area (Å²) in [4.78, 5) is 17.2. The fraction of sp³-hybridized carbons (Fsp3) is 0.280. The van der Waals surface area contributed by atoms with E-state index in [0.29, 0.717) is 46.7 Å². The first kappa shape index (κ1) is 20.9. The predicted molar refractivity (Wildman–Crippen MR) is 124 cm³/mol. The van der Waals surface area contributed by atoms with Gasteiger partial charge in [0.25, 0.3) is 0 Å². The number of ether oxygens (including phenoxy) is 2. The standard InChI is InChI=1S/C25H22BrFN2O3/c26-13-15-4-6-17(7-5-15)25(30)32-23-20(16-2-1-3-16)9-8-19(22(23)27)18-12-21-24(29-14-18)28-10-11-31-21/h4-9,12,14,16H,1-3,10-11,13H2,(H,28,29). The number of fused-ring (bicyclic) bond motifs is 1. The third-order valence-electron chi connectivity index (χ3n) is 6.03. The average Bonchev–Trinajstić information content (AvgIpc) is 2.80. The zero-order valence-corrected chi connectivity index (χ0v) is 19.0. The molecule has 32 heavy (non-hydrogen) atoms. The van der Waals surface area contributed by atoms with Gasteiger partial charge in [-0.25, -0.2) is 14.2 Å². The van der Waals surface area contributed by atoms with Gasteiger partial charge >= 0.3 is 5.97 Å². The lowest BCUT2D eigenvalue weighted by Gasteiger charge is -2.28. The Morgan fingerprint density at radius 3 is 2.75 bits per heavy atom. The van der Waals surface area contributed by atoms with Crippen molar-refractivity contribution in [2.45, 2.75) is 30.5 Å². The van der Waals surface area contributed by atoms with Crippen molar-refractivity contribution in [2.75, 3.05) is 18.5 Å². The van der Waals surface area contributed by atoms with Crippen LogP contribution in [0.2, 0.25) is 0 Å². The molecule has 1 aliphatic heterocycles. The molecule has 1 aromatic heterocycles. The predicted octanol–water partition coefficient (Wildman–Crippen LogP) is 6.07. The summed E-state index contributed by atoms with van der Waals surface area (Å²) in [5.41, 5.74) is 3.07. The summed E-state index contributed by atoms with van der Waals surface area (Å²) < 4.78 is 27.1. The van der Waals surface area contributed by atoms with Gasteiger partial charge in [0.1, 0.15) is 6.61 Å². The fourth-order valence-corrected chi connectivity index (χ4v) is 4.36. The van der Waals surface area contributed by atoms with Crippen molar-refractivity contribution in [3.63, 3.8) is 0 Å². The Balaban J connectivity index is 1.51. The molecule has 2 aliphatic rings. The van der Waals surface area contributed by atoms with E-state index in [0.717, 1.165) is 30.4 Å². The zero-order chi connectivity index (χ0) is 22.1. The smallest absolute Gasteiger partial charge is 0.343 e. The van der Waals surface area contributed by atoms with E-state index in [2.05, 4.69) is 26.2 Å². The fourth-order valence-electron chi connectivity index (χ4n) is 3.99. The van der Waals surface area contributed by atoms with Gasteiger partial charge < -0.3 is 14.8 Å². The van der Waals surface area contributed by atoms with Crippen molar-refractivity contribution < 1.29 is 18.7 Å². The number of rotatable bonds is 5. The minimum absolute atomic E-state index is 0.0125. The SMILES string of the molecule is O=C(Oc1c(C2CCC2)ccc(-c2cnc3c(c2)OCCN3)c1F)c1ccc(CBr)cc1. The quantitative estimate of drug-likeness (QED) is 0.263. The summed E-state index contributed by atoms with van der Waals surface area (Å²) in [5, 5.41) is 3.85. The van der Waals surface area contributed by atoms with Gasteiger partial charge in [-0.3, -0.25) is 0 Å². The van der Waals surface area contributed by atoms with E-state index in [4.69, 9.17) is 9.47 Å². The number of carbonyl (C=O) groups is 1. The number of alkyl halides is 1. The van der Waals surface area contributed by atoms with Gasteiger partial charge in [0.05, 0.1) is 12.1 Å². The summed E-state index contributed by atoms with van der Waals surface area (Å²) in [6, 6.07) is 12.5. The molecule has 2 heterocycles. The first-order chi connectivity index (χ1) is 15.6. The number of benzene rings is 2. The molecule has 0 unspecified atom stereocenters. The number of carbonyl (C=O) groups excluding carboxylic acids is 1. The second-order valence-electron chi connectivity index (χ2n) is 8.04. The Hall–Kier alpha value is -2.93. The van der Waals surface area contributed by atoms with Crippen LogP contribution in [0.1, 0.15) is 46.7 Å². The van der Waals surface area contributed by atoms with Crippen molar-refractivity contribution in [2.24, 2.45) is 0 Å². The van der Waals surface area contributed by atoms with Crippen molar-refractivity contribution >= 4 is 27.7 Å². The average molecular weight is 497 g/mol. The topological polar surface area (TPSA) is 60.5 Å². The van der Waals surface area contributed by atoms with E-state index in [-0.39, 0.29) is 11.7 Å². The Morgan fingerprint density at radius 2 is 2.03 bits per heavy atom. The molecule has 1 saturated carbocycles. The van der Waals surface area contributed by atoms with Crippen LogP contribution in [-0.4, -0.2) is 24.1 Å². The molecule has 0 radical (unpaired) electrons. The minimum Gasteiger partial charge on any atom is -0.488 e. The van der Waals surface area contributed by atoms with E-state index in [1.807, 2.05) is 18.2 Å². The number of esters is 1. The summed E-state index contributed by atoms with van der Waals surface area (Å²) in [6.07, 6.45) is 4.62. The summed E-state index contributed by atoms with van der Waals surface area (Å²) in [5.74, 6) is 0.320. The van der Waals surface area contributed by atoms with Crippen LogP contribution < -0.4 is 14.8 Å². The maximum absolute atomic E-state index is 15.8. The highest BCUT2D eigenvalue weighted by Crippen LogP contribution is 2.44. The lowest BCUT2D eigenvalue weighted by atomic mass is 9.79. The molecular weight excluding hydrogens is 475 g/mol. The van der Waals surface area contributed by atoms with Crippen molar-refractivity contribution in [3.05, 3.63) is 71.2 Å². The molecule has 0 atom stereocenters. The summed E-state index contributed by atoms with van der Waals surface area (Å²) in [6.45, 7) is 1.21. The Morgan fingerprint density at radius 1 is 1.22 bits per heavy atom. The van der Waals surface area contributed by atoms with Gasteiger partial charge in [-0.2, -0.15) is 0 Å². The summed E-state index contributed by atoms with van der Waals surface area (Å²) >= 11 is 3.39. The molecule has 0 bridgehead atoms. The molecule has 3 aromatic rings. The number of halogens is 2. The maximum atomic E-state index is 15.8. The van der Waals surface area contributed by atoms with Gasteiger partial charge in [0.2, 0.25) is 0 Å².